The second-order valence-electron chi connectivity index (χ2n) is 6.12. The maximum Gasteiger partial charge on any atom is 0.259 e. The average Bonchev–Trinajstić information content (AvgIpc) is 2.80. The van der Waals surface area contributed by atoms with Gasteiger partial charge in [-0.25, -0.2) is 4.98 Å². The van der Waals surface area contributed by atoms with Crippen LogP contribution in [0.3, 0.4) is 0 Å². The molecular weight excluding hydrogens is 348 g/mol. The Kier molecular flexibility index (Phi) is 6.01. The number of amides is 1. The fourth-order valence-electron chi connectivity index (χ4n) is 3.00. The predicted molar refractivity (Wildman–Crippen MR) is 99.3 cm³/mol. The minimum atomic E-state index is -0.102. The van der Waals surface area contributed by atoms with Gasteiger partial charge in [0.2, 0.25) is 5.91 Å². The minimum absolute atomic E-state index is 0. The van der Waals surface area contributed by atoms with Gasteiger partial charge < -0.3 is 15.2 Å². The zero-order chi connectivity index (χ0) is 16.6. The zero-order valence-corrected chi connectivity index (χ0v) is 15.8. The maximum absolute atomic E-state index is 12.4. The van der Waals surface area contributed by atoms with E-state index < -0.39 is 0 Å². The number of aromatic nitrogens is 2. The summed E-state index contributed by atoms with van der Waals surface area (Å²) in [6, 6.07) is 0.216. The number of aryl methyl sites for hydroxylation is 3. The third-order valence-electron chi connectivity index (χ3n) is 4.49. The Labute approximate surface area is 151 Å². The van der Waals surface area contributed by atoms with E-state index in [4.69, 9.17) is 0 Å². The number of nitrogens with zero attached hydrogens (tertiary/aromatic N) is 2. The molecule has 2 N–H and O–H groups in total. The molecule has 0 bridgehead atoms. The van der Waals surface area contributed by atoms with Gasteiger partial charge in [0.05, 0.1) is 5.39 Å². The number of carbonyl (C=O) groups is 1. The summed E-state index contributed by atoms with van der Waals surface area (Å²) in [5.41, 5.74) is 0.894. The van der Waals surface area contributed by atoms with Crippen molar-refractivity contribution >= 4 is 39.9 Å². The van der Waals surface area contributed by atoms with Crippen molar-refractivity contribution in [3.8, 4) is 0 Å². The summed E-state index contributed by atoms with van der Waals surface area (Å²) in [6.45, 7) is 8.40. The number of hydrogen-bond donors (Lipinski definition) is 2. The fraction of sp³-hybridized carbons (Fsp3) is 0.562. The largest absolute Gasteiger partial charge is 0.337 e. The van der Waals surface area contributed by atoms with Gasteiger partial charge in [-0.15, -0.1) is 23.7 Å². The van der Waals surface area contributed by atoms with E-state index in [0.29, 0.717) is 24.1 Å². The number of hydrogen-bond acceptors (Lipinski definition) is 5. The van der Waals surface area contributed by atoms with Crippen molar-refractivity contribution in [2.24, 2.45) is 0 Å². The highest BCUT2D eigenvalue weighted by atomic mass is 35.5. The Morgan fingerprint density at radius 2 is 2.17 bits per heavy atom. The normalized spacial score (nSPS) is 17.8. The molecule has 132 valence electrons. The van der Waals surface area contributed by atoms with Crippen LogP contribution in [0.1, 0.15) is 29.6 Å². The molecule has 3 rings (SSSR count). The number of fused-ring (bicyclic) bond motifs is 1. The summed E-state index contributed by atoms with van der Waals surface area (Å²) >= 11 is 1.54. The van der Waals surface area contributed by atoms with E-state index >= 15 is 0 Å². The van der Waals surface area contributed by atoms with Crippen molar-refractivity contribution in [2.75, 3.05) is 19.6 Å². The molecule has 0 unspecified atom stereocenters. The topological polar surface area (TPSA) is 78.1 Å². The fourth-order valence-corrected chi connectivity index (χ4v) is 4.05. The molecule has 1 aliphatic rings. The monoisotopic (exact) mass is 370 g/mol. The highest BCUT2D eigenvalue weighted by Crippen LogP contribution is 2.25. The zero-order valence-electron chi connectivity index (χ0n) is 14.1. The number of carbonyl (C=O) groups excluding carboxylic acids is 1. The van der Waals surface area contributed by atoms with Gasteiger partial charge in [-0.1, -0.05) is 0 Å². The molecule has 0 spiro atoms. The van der Waals surface area contributed by atoms with Crippen LogP contribution < -0.4 is 10.9 Å². The number of rotatable bonds is 3. The first-order chi connectivity index (χ1) is 11.0. The molecule has 2 aromatic heterocycles. The Balaban J connectivity index is 0.00000208. The van der Waals surface area contributed by atoms with E-state index in [2.05, 4.69) is 15.3 Å². The van der Waals surface area contributed by atoms with Crippen LogP contribution >= 0.6 is 23.7 Å². The van der Waals surface area contributed by atoms with Crippen molar-refractivity contribution in [3.05, 3.63) is 26.6 Å². The number of piperazine rings is 1. The number of thiophene rings is 1. The lowest BCUT2D eigenvalue weighted by molar-refractivity contribution is -0.133. The van der Waals surface area contributed by atoms with Crippen LogP contribution in [0.15, 0.2) is 4.79 Å². The number of nitrogens with one attached hydrogen (secondary N) is 2. The lowest BCUT2D eigenvalue weighted by Gasteiger charge is -2.34. The van der Waals surface area contributed by atoms with Crippen LogP contribution in [0.25, 0.3) is 10.2 Å². The lowest BCUT2D eigenvalue weighted by atomic mass is 10.1. The molecule has 0 radical (unpaired) electrons. The van der Waals surface area contributed by atoms with Crippen molar-refractivity contribution in [1.29, 1.82) is 0 Å². The van der Waals surface area contributed by atoms with Crippen molar-refractivity contribution in [3.63, 3.8) is 0 Å². The summed E-state index contributed by atoms with van der Waals surface area (Å²) < 4.78 is 0. The molecule has 1 amide bonds. The molecule has 6 nitrogen and oxygen atoms in total. The molecule has 24 heavy (non-hydrogen) atoms. The first-order valence-electron chi connectivity index (χ1n) is 7.96. The lowest BCUT2D eigenvalue weighted by Crippen LogP contribution is -2.52. The van der Waals surface area contributed by atoms with E-state index in [1.165, 1.54) is 11.3 Å². The van der Waals surface area contributed by atoms with Gasteiger partial charge in [-0.3, -0.25) is 9.59 Å². The Morgan fingerprint density at radius 3 is 2.88 bits per heavy atom. The van der Waals surface area contributed by atoms with Crippen molar-refractivity contribution in [1.82, 2.24) is 20.2 Å². The third-order valence-corrected chi connectivity index (χ3v) is 5.59. The molecule has 1 saturated heterocycles. The quantitative estimate of drug-likeness (QED) is 0.863. The highest BCUT2D eigenvalue weighted by Gasteiger charge is 2.22. The molecule has 1 aliphatic heterocycles. The SMILES string of the molecule is Cc1sc2nc(CCC(=O)N3CCNC[C@H]3C)[nH]c(=O)c2c1C.Cl. The predicted octanol–water partition coefficient (Wildman–Crippen LogP) is 1.78. The van der Waals surface area contributed by atoms with Gasteiger partial charge in [0.15, 0.2) is 0 Å². The van der Waals surface area contributed by atoms with Crippen LogP contribution in [0, 0.1) is 13.8 Å². The molecule has 1 atom stereocenters. The van der Waals surface area contributed by atoms with Crippen LogP contribution in [-0.4, -0.2) is 46.5 Å². The van der Waals surface area contributed by atoms with Gasteiger partial charge in [-0.05, 0) is 26.3 Å². The Hall–Kier alpha value is -1.44. The van der Waals surface area contributed by atoms with Gasteiger partial charge in [0.25, 0.3) is 5.56 Å². The summed E-state index contributed by atoms with van der Waals surface area (Å²) in [5, 5.41) is 3.95. The molecule has 2 aromatic rings. The Morgan fingerprint density at radius 1 is 1.42 bits per heavy atom. The van der Waals surface area contributed by atoms with Gasteiger partial charge >= 0.3 is 0 Å². The molecule has 8 heteroatoms. The van der Waals surface area contributed by atoms with Gasteiger partial charge in [0, 0.05) is 43.4 Å². The van der Waals surface area contributed by atoms with E-state index in [1.54, 1.807) is 0 Å². The number of H-pyrrole nitrogens is 1. The molecule has 1 fully saturated rings. The van der Waals surface area contributed by atoms with Crippen LogP contribution in [0.5, 0.6) is 0 Å². The van der Waals surface area contributed by atoms with Gasteiger partial charge in [0.1, 0.15) is 10.7 Å². The smallest absolute Gasteiger partial charge is 0.259 e. The molecule has 0 aliphatic carbocycles. The van der Waals surface area contributed by atoms with E-state index in [0.717, 1.165) is 34.9 Å². The van der Waals surface area contributed by atoms with Crippen molar-refractivity contribution < 1.29 is 4.79 Å². The maximum atomic E-state index is 12.4. The highest BCUT2D eigenvalue weighted by molar-refractivity contribution is 7.18. The molecule has 0 aromatic carbocycles. The van der Waals surface area contributed by atoms with Crippen LogP contribution in [0.4, 0.5) is 0 Å². The first-order valence-corrected chi connectivity index (χ1v) is 8.78. The summed E-state index contributed by atoms with van der Waals surface area (Å²) in [6.07, 6.45) is 0.846. The van der Waals surface area contributed by atoms with E-state index in [-0.39, 0.29) is 29.9 Å². The summed E-state index contributed by atoms with van der Waals surface area (Å²) in [7, 11) is 0. The molecule has 0 saturated carbocycles. The van der Waals surface area contributed by atoms with Crippen LogP contribution in [-0.2, 0) is 11.2 Å². The number of halogens is 1. The molecule has 3 heterocycles. The van der Waals surface area contributed by atoms with E-state index in [1.807, 2.05) is 25.7 Å². The average molecular weight is 371 g/mol. The summed E-state index contributed by atoms with van der Waals surface area (Å²) in [5.74, 6) is 0.722. The van der Waals surface area contributed by atoms with Gasteiger partial charge in [-0.2, -0.15) is 0 Å². The minimum Gasteiger partial charge on any atom is -0.337 e. The first kappa shape index (κ1) is 18.9. The third kappa shape index (κ3) is 3.63. The second kappa shape index (κ2) is 7.63. The van der Waals surface area contributed by atoms with Crippen molar-refractivity contribution in [2.45, 2.75) is 39.7 Å². The van der Waals surface area contributed by atoms with Crippen LogP contribution in [0.2, 0.25) is 0 Å². The van der Waals surface area contributed by atoms with E-state index in [9.17, 15) is 9.59 Å². The number of aromatic amines is 1. The standard InChI is InChI=1S/C16H22N4O2S.ClH/c1-9-8-17-6-7-20(9)13(21)5-4-12-18-15(22)14-10(2)11(3)23-16(14)19-12;/h9,17H,4-8H2,1-3H3,(H,18,19,22);1H/t9-;/m1./s1. The Bertz CT molecular complexity index is 801. The molecular formula is C16H23ClN4O2S. The second-order valence-corrected chi connectivity index (χ2v) is 7.32. The summed E-state index contributed by atoms with van der Waals surface area (Å²) in [4.78, 5) is 35.8.